The molecule has 0 unspecified atom stereocenters. The number of imidazole rings is 1. The van der Waals surface area contributed by atoms with Gasteiger partial charge in [-0.25, -0.2) is 4.98 Å². The van der Waals surface area contributed by atoms with Crippen molar-refractivity contribution >= 4 is 11.6 Å². The second-order valence-corrected chi connectivity index (χ2v) is 6.64. The van der Waals surface area contributed by atoms with Crippen LogP contribution >= 0.6 is 0 Å². The molecule has 7 heteroatoms. The highest BCUT2D eigenvalue weighted by Crippen LogP contribution is 2.50. The average Bonchev–Trinajstić information content (AvgIpc) is 2.92. The van der Waals surface area contributed by atoms with Crippen molar-refractivity contribution in [2.24, 2.45) is 0 Å². The van der Waals surface area contributed by atoms with Crippen molar-refractivity contribution in [3.05, 3.63) is 65.1 Å². The zero-order valence-electron chi connectivity index (χ0n) is 15.1. The lowest BCUT2D eigenvalue weighted by molar-refractivity contribution is -0.200. The lowest BCUT2D eigenvalue weighted by atomic mass is 9.91. The van der Waals surface area contributed by atoms with Crippen molar-refractivity contribution in [2.45, 2.75) is 38.9 Å². The molecule has 1 aromatic carbocycles. The van der Waals surface area contributed by atoms with E-state index in [0.29, 0.717) is 11.2 Å². The van der Waals surface area contributed by atoms with E-state index in [9.17, 15) is 4.79 Å². The molecule has 4 rings (SSSR count). The number of esters is 1. The number of fused-ring (bicyclic) bond motifs is 3. The van der Waals surface area contributed by atoms with E-state index in [0.717, 1.165) is 18.3 Å². The summed E-state index contributed by atoms with van der Waals surface area (Å²) in [7, 11) is 0. The zero-order chi connectivity index (χ0) is 19.3. The third-order valence-corrected chi connectivity index (χ3v) is 4.88. The summed E-state index contributed by atoms with van der Waals surface area (Å²) < 4.78 is 43.6. The Kier molecular flexibility index (Phi) is 3.91. The summed E-state index contributed by atoms with van der Waals surface area (Å²) in [6.07, 6.45) is -1.39. The van der Waals surface area contributed by atoms with Crippen molar-refractivity contribution in [1.82, 2.24) is 9.38 Å². The van der Waals surface area contributed by atoms with Crippen LogP contribution in [-0.4, -0.2) is 21.5 Å². The number of halogens is 2. The van der Waals surface area contributed by atoms with Gasteiger partial charge in [-0.1, -0.05) is 30.3 Å². The minimum Gasteiger partial charge on any atom is -0.477 e. The topological polar surface area (TPSA) is 52.8 Å². The molecular formula is C20H18F2N2O3. The molecule has 1 aliphatic heterocycles. The van der Waals surface area contributed by atoms with Gasteiger partial charge in [-0.05, 0) is 25.5 Å². The molecule has 0 amide bonds. The SMILES string of the molecule is CC(=O)O[C@@H]1[C@@H](c2ccccc2)Oc2c(ccn3c(C)c(C)nc23)C1(F)F. The maximum atomic E-state index is 15.4. The number of ether oxygens (including phenoxy) is 2. The van der Waals surface area contributed by atoms with Gasteiger partial charge in [-0.3, -0.25) is 4.79 Å². The molecule has 2 atom stereocenters. The van der Waals surface area contributed by atoms with Crippen molar-refractivity contribution in [3.63, 3.8) is 0 Å². The second-order valence-electron chi connectivity index (χ2n) is 6.64. The van der Waals surface area contributed by atoms with Gasteiger partial charge in [0, 0.05) is 18.8 Å². The van der Waals surface area contributed by atoms with E-state index in [1.807, 2.05) is 13.8 Å². The number of carbonyl (C=O) groups is 1. The van der Waals surface area contributed by atoms with Crippen molar-refractivity contribution in [3.8, 4) is 5.75 Å². The quantitative estimate of drug-likeness (QED) is 0.636. The van der Waals surface area contributed by atoms with E-state index in [2.05, 4.69) is 4.98 Å². The molecule has 0 spiro atoms. The highest BCUT2D eigenvalue weighted by atomic mass is 19.3. The molecule has 2 aromatic heterocycles. The van der Waals surface area contributed by atoms with Crippen molar-refractivity contribution < 1.29 is 23.0 Å². The fraction of sp³-hybridized carbons (Fsp3) is 0.300. The molecule has 0 fully saturated rings. The van der Waals surface area contributed by atoms with Crippen LogP contribution in [0.15, 0.2) is 42.6 Å². The van der Waals surface area contributed by atoms with Crippen molar-refractivity contribution in [1.29, 1.82) is 0 Å². The first-order valence-electron chi connectivity index (χ1n) is 8.56. The lowest BCUT2D eigenvalue weighted by Gasteiger charge is -2.38. The van der Waals surface area contributed by atoms with E-state index in [-0.39, 0.29) is 11.3 Å². The predicted molar refractivity (Wildman–Crippen MR) is 93.9 cm³/mol. The van der Waals surface area contributed by atoms with Gasteiger partial charge in [0.15, 0.2) is 17.5 Å². The molecular weight excluding hydrogens is 354 g/mol. The summed E-state index contributed by atoms with van der Waals surface area (Å²) in [5, 5.41) is 0. The normalized spacial score (nSPS) is 20.8. The Hall–Kier alpha value is -2.96. The molecule has 0 bridgehead atoms. The van der Waals surface area contributed by atoms with E-state index >= 15 is 8.78 Å². The second kappa shape index (κ2) is 6.04. The summed E-state index contributed by atoms with van der Waals surface area (Å²) >= 11 is 0. The molecule has 0 radical (unpaired) electrons. The molecule has 5 nitrogen and oxygen atoms in total. The summed E-state index contributed by atoms with van der Waals surface area (Å²) in [5.74, 6) is -4.22. The Morgan fingerprint density at radius 3 is 2.59 bits per heavy atom. The first-order valence-corrected chi connectivity index (χ1v) is 8.56. The third kappa shape index (κ3) is 2.65. The number of hydrogen-bond acceptors (Lipinski definition) is 4. The smallest absolute Gasteiger partial charge is 0.317 e. The van der Waals surface area contributed by atoms with Gasteiger partial charge in [0.25, 0.3) is 0 Å². The number of pyridine rings is 1. The predicted octanol–water partition coefficient (Wildman–Crippen LogP) is 4.11. The molecule has 3 aromatic rings. The molecule has 140 valence electrons. The Labute approximate surface area is 154 Å². The number of nitrogens with zero attached hydrogens (tertiary/aromatic N) is 2. The number of rotatable bonds is 2. The molecule has 0 N–H and O–H groups in total. The molecule has 3 heterocycles. The summed E-state index contributed by atoms with van der Waals surface area (Å²) in [6.45, 7) is 4.78. The van der Waals surface area contributed by atoms with E-state index < -0.39 is 24.1 Å². The van der Waals surface area contributed by atoms with Gasteiger partial charge in [0.05, 0.1) is 11.3 Å². The summed E-state index contributed by atoms with van der Waals surface area (Å²) in [6, 6.07) is 9.87. The maximum absolute atomic E-state index is 15.4. The van der Waals surface area contributed by atoms with Crippen LogP contribution in [0.25, 0.3) is 5.65 Å². The molecule has 0 saturated heterocycles. The van der Waals surface area contributed by atoms with Gasteiger partial charge in [0.2, 0.25) is 6.10 Å². The molecule has 0 saturated carbocycles. The Balaban J connectivity index is 1.95. The van der Waals surface area contributed by atoms with Crippen LogP contribution < -0.4 is 4.74 Å². The number of aromatic nitrogens is 2. The van der Waals surface area contributed by atoms with Crippen LogP contribution in [0.2, 0.25) is 0 Å². The third-order valence-electron chi connectivity index (χ3n) is 4.88. The molecule has 27 heavy (non-hydrogen) atoms. The Bertz CT molecular complexity index is 1030. The van der Waals surface area contributed by atoms with Crippen LogP contribution in [0, 0.1) is 13.8 Å². The van der Waals surface area contributed by atoms with Gasteiger partial charge < -0.3 is 13.9 Å². The fourth-order valence-corrected chi connectivity index (χ4v) is 3.43. The minimum absolute atomic E-state index is 0.0101. The van der Waals surface area contributed by atoms with Gasteiger partial charge in [-0.15, -0.1) is 0 Å². The van der Waals surface area contributed by atoms with Crippen LogP contribution in [0.1, 0.15) is 35.5 Å². The van der Waals surface area contributed by atoms with E-state index in [4.69, 9.17) is 9.47 Å². The monoisotopic (exact) mass is 372 g/mol. The summed E-state index contributed by atoms with van der Waals surface area (Å²) in [4.78, 5) is 15.9. The highest BCUT2D eigenvalue weighted by Gasteiger charge is 2.55. The first kappa shape index (κ1) is 17.5. The highest BCUT2D eigenvalue weighted by molar-refractivity contribution is 5.67. The number of benzene rings is 1. The largest absolute Gasteiger partial charge is 0.477 e. The van der Waals surface area contributed by atoms with Crippen LogP contribution in [0.3, 0.4) is 0 Å². The number of hydrogen-bond donors (Lipinski definition) is 0. The van der Waals surface area contributed by atoms with Crippen LogP contribution in [0.5, 0.6) is 5.75 Å². The zero-order valence-corrected chi connectivity index (χ0v) is 15.1. The first-order chi connectivity index (χ1) is 12.8. The van der Waals surface area contributed by atoms with Gasteiger partial charge in [0.1, 0.15) is 0 Å². The van der Waals surface area contributed by atoms with E-state index in [1.54, 1.807) is 34.7 Å². The lowest BCUT2D eigenvalue weighted by Crippen LogP contribution is -2.45. The van der Waals surface area contributed by atoms with Gasteiger partial charge >= 0.3 is 11.9 Å². The Morgan fingerprint density at radius 2 is 1.93 bits per heavy atom. The minimum atomic E-state index is -3.44. The Morgan fingerprint density at radius 1 is 1.22 bits per heavy atom. The maximum Gasteiger partial charge on any atom is 0.317 e. The number of carbonyl (C=O) groups excluding carboxylic acids is 1. The number of aryl methyl sites for hydroxylation is 2. The van der Waals surface area contributed by atoms with Crippen molar-refractivity contribution in [2.75, 3.05) is 0 Å². The fourth-order valence-electron chi connectivity index (χ4n) is 3.43. The van der Waals surface area contributed by atoms with Crippen LogP contribution in [-0.2, 0) is 15.5 Å². The standard InChI is InChI=1S/C20H18F2N2O3/c1-11-12(2)24-10-9-15-17(19(24)23-11)27-16(14-7-5-4-6-8-14)18(20(15,21)22)26-13(3)25/h4-10,16,18H,1-3H3/t16-,18-/m1/s1. The van der Waals surface area contributed by atoms with E-state index in [1.165, 1.54) is 12.3 Å². The summed E-state index contributed by atoms with van der Waals surface area (Å²) in [5.41, 5.74) is 2.06. The molecule has 0 aliphatic carbocycles. The van der Waals surface area contributed by atoms with Gasteiger partial charge in [-0.2, -0.15) is 8.78 Å². The number of alkyl halides is 2. The molecule has 1 aliphatic rings. The average molecular weight is 372 g/mol. The van der Waals surface area contributed by atoms with Crippen LogP contribution in [0.4, 0.5) is 8.78 Å².